The van der Waals surface area contributed by atoms with E-state index < -0.39 is 0 Å². The van der Waals surface area contributed by atoms with Gasteiger partial charge in [0.2, 0.25) is 0 Å². The number of aryl methyl sites for hydroxylation is 1. The van der Waals surface area contributed by atoms with Gasteiger partial charge in [-0.3, -0.25) is 9.48 Å². The van der Waals surface area contributed by atoms with E-state index in [0.717, 1.165) is 5.56 Å². The van der Waals surface area contributed by atoms with Gasteiger partial charge in [0.25, 0.3) is 5.56 Å². The van der Waals surface area contributed by atoms with E-state index in [1.54, 1.807) is 16.4 Å². The zero-order chi connectivity index (χ0) is 12.5. The first-order valence-electron chi connectivity index (χ1n) is 5.21. The molecule has 0 amide bonds. The first-order valence-corrected chi connectivity index (χ1v) is 6.15. The smallest absolute Gasteiger partial charge is 0.251 e. The Morgan fingerprint density at radius 2 is 2.28 bits per heavy atom. The summed E-state index contributed by atoms with van der Waals surface area (Å²) in [4.78, 5) is 22.8. The maximum Gasteiger partial charge on any atom is 0.251 e. The summed E-state index contributed by atoms with van der Waals surface area (Å²) in [6.07, 6.45) is 3.49. The standard InChI is InChI=1S/C11H9N5OS/c1-16-4-7(3-13-16)8-2-10(17)15-11(14-8)9-5-18-6-12-9/h2-6H,1H3,(H,14,15,17). The van der Waals surface area contributed by atoms with Crippen LogP contribution in [0.25, 0.3) is 22.8 Å². The van der Waals surface area contributed by atoms with Crippen LogP contribution < -0.4 is 5.56 Å². The highest BCUT2D eigenvalue weighted by Crippen LogP contribution is 2.18. The molecular formula is C11H9N5OS. The second-order valence-corrected chi connectivity index (χ2v) is 4.47. The number of nitrogens with one attached hydrogen (secondary N) is 1. The highest BCUT2D eigenvalue weighted by atomic mass is 32.1. The minimum absolute atomic E-state index is 0.202. The summed E-state index contributed by atoms with van der Waals surface area (Å²) in [5.41, 5.74) is 3.57. The highest BCUT2D eigenvalue weighted by molar-refractivity contribution is 7.07. The molecule has 0 radical (unpaired) electrons. The fourth-order valence-corrected chi connectivity index (χ4v) is 2.15. The summed E-state index contributed by atoms with van der Waals surface area (Å²) in [6, 6.07) is 1.45. The summed E-state index contributed by atoms with van der Waals surface area (Å²) in [6.45, 7) is 0. The molecule has 3 aromatic rings. The van der Waals surface area contributed by atoms with Crippen molar-refractivity contribution in [2.75, 3.05) is 0 Å². The van der Waals surface area contributed by atoms with Crippen LogP contribution in [-0.2, 0) is 7.05 Å². The quantitative estimate of drug-likeness (QED) is 0.752. The average Bonchev–Trinajstić information content (AvgIpc) is 2.98. The van der Waals surface area contributed by atoms with Crippen molar-refractivity contribution >= 4 is 11.3 Å². The Hall–Kier alpha value is -2.28. The average molecular weight is 259 g/mol. The number of aromatic nitrogens is 5. The molecule has 0 fully saturated rings. The van der Waals surface area contributed by atoms with Crippen molar-refractivity contribution < 1.29 is 0 Å². The molecule has 7 heteroatoms. The number of H-pyrrole nitrogens is 1. The zero-order valence-corrected chi connectivity index (χ0v) is 10.3. The summed E-state index contributed by atoms with van der Waals surface area (Å²) < 4.78 is 1.67. The maximum absolute atomic E-state index is 11.6. The second kappa shape index (κ2) is 4.19. The van der Waals surface area contributed by atoms with E-state index in [2.05, 4.69) is 20.1 Å². The molecule has 0 atom stereocenters. The van der Waals surface area contributed by atoms with Crippen LogP contribution in [0.5, 0.6) is 0 Å². The molecule has 0 unspecified atom stereocenters. The fraction of sp³-hybridized carbons (Fsp3) is 0.0909. The molecule has 0 spiro atoms. The third-order valence-electron chi connectivity index (χ3n) is 2.42. The van der Waals surface area contributed by atoms with Crippen molar-refractivity contribution in [2.45, 2.75) is 0 Å². The molecule has 0 aliphatic heterocycles. The van der Waals surface area contributed by atoms with Crippen molar-refractivity contribution in [1.29, 1.82) is 0 Å². The summed E-state index contributed by atoms with van der Waals surface area (Å²) in [7, 11) is 1.82. The maximum atomic E-state index is 11.6. The Labute approximate surface area is 106 Å². The summed E-state index contributed by atoms with van der Waals surface area (Å²) >= 11 is 1.46. The lowest BCUT2D eigenvalue weighted by Crippen LogP contribution is -2.08. The Kier molecular flexibility index (Phi) is 2.52. The van der Waals surface area contributed by atoms with E-state index >= 15 is 0 Å². The van der Waals surface area contributed by atoms with Gasteiger partial charge in [0.1, 0.15) is 5.69 Å². The monoisotopic (exact) mass is 259 g/mol. The molecule has 0 aliphatic rings. The Morgan fingerprint density at radius 3 is 2.94 bits per heavy atom. The lowest BCUT2D eigenvalue weighted by atomic mass is 10.2. The molecule has 6 nitrogen and oxygen atoms in total. The highest BCUT2D eigenvalue weighted by Gasteiger charge is 2.08. The van der Waals surface area contributed by atoms with Crippen LogP contribution in [0.2, 0.25) is 0 Å². The molecule has 1 N–H and O–H groups in total. The Bertz CT molecular complexity index is 728. The van der Waals surface area contributed by atoms with Gasteiger partial charge in [-0.1, -0.05) is 0 Å². The van der Waals surface area contributed by atoms with Gasteiger partial charge < -0.3 is 4.98 Å². The van der Waals surface area contributed by atoms with Gasteiger partial charge in [0, 0.05) is 30.3 Å². The molecule has 18 heavy (non-hydrogen) atoms. The van der Waals surface area contributed by atoms with Crippen LogP contribution in [0.4, 0.5) is 0 Å². The number of aromatic amines is 1. The normalized spacial score (nSPS) is 10.7. The predicted octanol–water partition coefficient (Wildman–Crippen LogP) is 1.29. The molecule has 3 rings (SSSR count). The van der Waals surface area contributed by atoms with Crippen molar-refractivity contribution in [2.24, 2.45) is 7.05 Å². The first kappa shape index (κ1) is 10.8. The van der Waals surface area contributed by atoms with Crippen molar-refractivity contribution in [3.05, 3.63) is 39.7 Å². The Balaban J connectivity index is 2.15. The van der Waals surface area contributed by atoms with Gasteiger partial charge in [0.05, 0.1) is 17.4 Å². The zero-order valence-electron chi connectivity index (χ0n) is 9.49. The van der Waals surface area contributed by atoms with E-state index in [4.69, 9.17) is 0 Å². The minimum atomic E-state index is -0.202. The first-order chi connectivity index (χ1) is 8.72. The van der Waals surface area contributed by atoms with Crippen molar-refractivity contribution in [3.8, 4) is 22.8 Å². The molecule has 3 aromatic heterocycles. The molecular weight excluding hydrogens is 250 g/mol. The van der Waals surface area contributed by atoms with Gasteiger partial charge in [0.15, 0.2) is 5.82 Å². The number of hydrogen-bond acceptors (Lipinski definition) is 5. The Morgan fingerprint density at radius 1 is 1.39 bits per heavy atom. The van der Waals surface area contributed by atoms with E-state index in [1.807, 2.05) is 18.6 Å². The van der Waals surface area contributed by atoms with Gasteiger partial charge in [-0.2, -0.15) is 5.10 Å². The van der Waals surface area contributed by atoms with E-state index in [-0.39, 0.29) is 5.56 Å². The van der Waals surface area contributed by atoms with E-state index in [1.165, 1.54) is 17.4 Å². The number of nitrogens with zero attached hydrogens (tertiary/aromatic N) is 4. The van der Waals surface area contributed by atoms with Crippen LogP contribution in [0.1, 0.15) is 0 Å². The molecule has 0 aromatic carbocycles. The van der Waals surface area contributed by atoms with Crippen LogP contribution in [0, 0.1) is 0 Å². The topological polar surface area (TPSA) is 76.5 Å². The van der Waals surface area contributed by atoms with Gasteiger partial charge in [-0.15, -0.1) is 11.3 Å². The molecule has 0 saturated carbocycles. The molecule has 3 heterocycles. The summed E-state index contributed by atoms with van der Waals surface area (Å²) in [5, 5.41) is 5.90. The van der Waals surface area contributed by atoms with Crippen LogP contribution >= 0.6 is 11.3 Å². The summed E-state index contributed by atoms with van der Waals surface area (Å²) in [5.74, 6) is 0.475. The SMILES string of the molecule is Cn1cc(-c2cc(=O)[nH]c(-c3cscn3)n2)cn1. The largest absolute Gasteiger partial charge is 0.305 e. The molecule has 0 saturated heterocycles. The number of rotatable bonds is 2. The van der Waals surface area contributed by atoms with Crippen LogP contribution in [0.15, 0.2) is 34.1 Å². The van der Waals surface area contributed by atoms with Gasteiger partial charge in [-0.25, -0.2) is 9.97 Å². The second-order valence-electron chi connectivity index (χ2n) is 3.76. The third kappa shape index (κ3) is 1.95. The van der Waals surface area contributed by atoms with Crippen molar-refractivity contribution in [3.63, 3.8) is 0 Å². The van der Waals surface area contributed by atoms with Crippen molar-refractivity contribution in [1.82, 2.24) is 24.7 Å². The number of hydrogen-bond donors (Lipinski definition) is 1. The fourth-order valence-electron chi connectivity index (χ4n) is 1.61. The molecule has 90 valence electrons. The van der Waals surface area contributed by atoms with Gasteiger partial charge in [-0.05, 0) is 0 Å². The van der Waals surface area contributed by atoms with Crippen LogP contribution in [-0.4, -0.2) is 24.7 Å². The van der Waals surface area contributed by atoms with Gasteiger partial charge >= 0.3 is 0 Å². The molecule has 0 aliphatic carbocycles. The lowest BCUT2D eigenvalue weighted by molar-refractivity contribution is 0.768. The third-order valence-corrected chi connectivity index (χ3v) is 3.00. The number of thiazole rings is 1. The minimum Gasteiger partial charge on any atom is -0.305 e. The molecule has 0 bridgehead atoms. The lowest BCUT2D eigenvalue weighted by Gasteiger charge is -1.99. The predicted molar refractivity (Wildman–Crippen MR) is 68.2 cm³/mol. The van der Waals surface area contributed by atoms with Crippen LogP contribution in [0.3, 0.4) is 0 Å². The van der Waals surface area contributed by atoms with E-state index in [9.17, 15) is 4.79 Å². The van der Waals surface area contributed by atoms with E-state index in [0.29, 0.717) is 17.2 Å².